The molecule has 0 fully saturated rings. The second kappa shape index (κ2) is 4.35. The molecule has 4 heteroatoms. The minimum absolute atomic E-state index is 0.388. The zero-order chi connectivity index (χ0) is 9.68. The highest BCUT2D eigenvalue weighted by atomic mass is 16.3. The van der Waals surface area contributed by atoms with Crippen LogP contribution in [0.5, 0.6) is 0 Å². The molecule has 0 bridgehead atoms. The topological polar surface area (TPSA) is 58.5 Å². The number of para-hydroxylation sites is 1. The van der Waals surface area contributed by atoms with E-state index in [1.54, 1.807) is 24.3 Å². The van der Waals surface area contributed by atoms with E-state index in [2.05, 4.69) is 10.5 Å². The number of amides is 1. The van der Waals surface area contributed by atoms with E-state index in [1.165, 1.54) is 6.92 Å². The number of carbonyl (C=O) groups excluding carboxylic acids is 1. The van der Waals surface area contributed by atoms with Crippen LogP contribution in [0.4, 0.5) is 5.69 Å². The zero-order valence-electron chi connectivity index (χ0n) is 7.23. The van der Waals surface area contributed by atoms with Crippen molar-refractivity contribution in [3.63, 3.8) is 0 Å². The number of nitroso groups, excluding NO2 is 1. The van der Waals surface area contributed by atoms with Crippen LogP contribution in [0.15, 0.2) is 35.5 Å². The van der Waals surface area contributed by atoms with E-state index < -0.39 is 6.04 Å². The van der Waals surface area contributed by atoms with Crippen molar-refractivity contribution in [3.8, 4) is 0 Å². The Morgan fingerprint density at radius 3 is 2.54 bits per heavy atom. The molecule has 13 heavy (non-hydrogen) atoms. The fourth-order valence-electron chi connectivity index (χ4n) is 0.816. The van der Waals surface area contributed by atoms with E-state index in [1.807, 2.05) is 6.07 Å². The molecule has 0 radical (unpaired) electrons. The van der Waals surface area contributed by atoms with Crippen molar-refractivity contribution in [2.45, 2.75) is 13.0 Å². The molecule has 0 spiro atoms. The van der Waals surface area contributed by atoms with Crippen molar-refractivity contribution >= 4 is 11.6 Å². The fourth-order valence-corrected chi connectivity index (χ4v) is 0.816. The van der Waals surface area contributed by atoms with E-state index in [0.29, 0.717) is 5.69 Å². The van der Waals surface area contributed by atoms with Gasteiger partial charge >= 0.3 is 0 Å². The maximum absolute atomic E-state index is 11.1. The van der Waals surface area contributed by atoms with Crippen molar-refractivity contribution in [1.29, 1.82) is 0 Å². The monoisotopic (exact) mass is 178 g/mol. The quantitative estimate of drug-likeness (QED) is 0.717. The van der Waals surface area contributed by atoms with Crippen molar-refractivity contribution in [1.82, 2.24) is 0 Å². The van der Waals surface area contributed by atoms with Crippen LogP contribution in [-0.2, 0) is 4.79 Å². The molecule has 0 aliphatic rings. The van der Waals surface area contributed by atoms with Crippen molar-refractivity contribution in [2.75, 3.05) is 5.32 Å². The molecular formula is C9H10N2O2. The summed E-state index contributed by atoms with van der Waals surface area (Å²) >= 11 is 0. The van der Waals surface area contributed by atoms with E-state index in [9.17, 15) is 9.70 Å². The predicted octanol–water partition coefficient (Wildman–Crippen LogP) is 1.78. The highest BCUT2D eigenvalue weighted by Crippen LogP contribution is 2.05. The first-order chi connectivity index (χ1) is 6.24. The molecule has 1 unspecified atom stereocenters. The summed E-state index contributed by atoms with van der Waals surface area (Å²) in [5, 5.41) is 5.18. The third-order valence-corrected chi connectivity index (χ3v) is 1.58. The second-order valence-electron chi connectivity index (χ2n) is 2.64. The standard InChI is InChI=1S/C9H10N2O2/c1-7(11-13)9(12)10-8-5-3-2-4-6-8/h2-7H,1H3,(H,10,12). The highest BCUT2D eigenvalue weighted by Gasteiger charge is 2.11. The van der Waals surface area contributed by atoms with Gasteiger partial charge < -0.3 is 5.32 Å². The summed E-state index contributed by atoms with van der Waals surface area (Å²) in [6.07, 6.45) is 0. The Morgan fingerprint density at radius 2 is 2.00 bits per heavy atom. The molecule has 0 aromatic heterocycles. The van der Waals surface area contributed by atoms with Gasteiger partial charge in [-0.2, -0.15) is 0 Å². The van der Waals surface area contributed by atoms with Gasteiger partial charge in [-0.1, -0.05) is 23.4 Å². The van der Waals surface area contributed by atoms with Gasteiger partial charge in [-0.05, 0) is 19.1 Å². The minimum atomic E-state index is -0.847. The Bertz CT molecular complexity index is 298. The first-order valence-electron chi connectivity index (χ1n) is 3.92. The van der Waals surface area contributed by atoms with Gasteiger partial charge in [0.05, 0.1) is 0 Å². The van der Waals surface area contributed by atoms with Gasteiger partial charge in [-0.15, -0.1) is 4.91 Å². The predicted molar refractivity (Wildman–Crippen MR) is 50.3 cm³/mol. The van der Waals surface area contributed by atoms with Gasteiger partial charge in [0.25, 0.3) is 5.91 Å². The van der Waals surface area contributed by atoms with E-state index in [-0.39, 0.29) is 5.91 Å². The maximum atomic E-state index is 11.1. The van der Waals surface area contributed by atoms with Crippen LogP contribution in [0.3, 0.4) is 0 Å². The Kier molecular flexibility index (Phi) is 3.14. The lowest BCUT2D eigenvalue weighted by atomic mass is 10.3. The van der Waals surface area contributed by atoms with Crippen LogP contribution >= 0.6 is 0 Å². The Morgan fingerprint density at radius 1 is 1.38 bits per heavy atom. The third-order valence-electron chi connectivity index (χ3n) is 1.58. The van der Waals surface area contributed by atoms with Gasteiger partial charge in [0.1, 0.15) is 0 Å². The molecule has 1 amide bonds. The smallest absolute Gasteiger partial charge is 0.252 e. The average Bonchev–Trinajstić information content (AvgIpc) is 2.18. The molecule has 0 saturated carbocycles. The molecule has 4 nitrogen and oxygen atoms in total. The Labute approximate surface area is 75.9 Å². The van der Waals surface area contributed by atoms with Crippen LogP contribution in [-0.4, -0.2) is 11.9 Å². The molecule has 0 aliphatic heterocycles. The molecular weight excluding hydrogens is 168 g/mol. The minimum Gasteiger partial charge on any atom is -0.324 e. The average molecular weight is 178 g/mol. The summed E-state index contributed by atoms with van der Waals surface area (Å²) in [5.74, 6) is -0.388. The van der Waals surface area contributed by atoms with Crippen LogP contribution in [0.1, 0.15) is 6.92 Å². The molecule has 0 saturated heterocycles. The molecule has 1 aromatic carbocycles. The fraction of sp³-hybridized carbons (Fsp3) is 0.222. The first-order valence-corrected chi connectivity index (χ1v) is 3.92. The third kappa shape index (κ3) is 2.66. The number of benzene rings is 1. The van der Waals surface area contributed by atoms with E-state index >= 15 is 0 Å². The van der Waals surface area contributed by atoms with Crippen LogP contribution < -0.4 is 5.32 Å². The number of carbonyl (C=O) groups is 1. The summed E-state index contributed by atoms with van der Waals surface area (Å²) in [6.45, 7) is 1.45. The van der Waals surface area contributed by atoms with Gasteiger partial charge in [-0.25, -0.2) is 0 Å². The molecule has 0 aliphatic carbocycles. The lowest BCUT2D eigenvalue weighted by molar-refractivity contribution is -0.117. The summed E-state index contributed by atoms with van der Waals surface area (Å²) in [4.78, 5) is 21.2. The maximum Gasteiger partial charge on any atom is 0.252 e. The van der Waals surface area contributed by atoms with Gasteiger partial charge in [0.2, 0.25) is 0 Å². The van der Waals surface area contributed by atoms with Crippen molar-refractivity contribution < 1.29 is 4.79 Å². The molecule has 0 heterocycles. The lowest BCUT2D eigenvalue weighted by Crippen LogP contribution is -2.22. The van der Waals surface area contributed by atoms with Gasteiger partial charge in [-0.3, -0.25) is 4.79 Å². The normalized spacial score (nSPS) is 11.8. The number of rotatable bonds is 3. The van der Waals surface area contributed by atoms with Crippen molar-refractivity contribution in [2.24, 2.45) is 5.18 Å². The largest absolute Gasteiger partial charge is 0.324 e. The zero-order valence-corrected chi connectivity index (χ0v) is 7.23. The molecule has 1 rings (SSSR count). The number of hydrogen-bond donors (Lipinski definition) is 1. The molecule has 1 N–H and O–H groups in total. The first kappa shape index (κ1) is 9.38. The lowest BCUT2D eigenvalue weighted by Gasteiger charge is -2.04. The number of anilines is 1. The Hall–Kier alpha value is -1.71. The second-order valence-corrected chi connectivity index (χ2v) is 2.64. The van der Waals surface area contributed by atoms with E-state index in [4.69, 9.17) is 0 Å². The molecule has 1 atom stereocenters. The number of nitrogens with one attached hydrogen (secondary N) is 1. The number of nitrogens with zero attached hydrogens (tertiary/aromatic N) is 1. The van der Waals surface area contributed by atoms with Crippen LogP contribution in [0.25, 0.3) is 0 Å². The Balaban J connectivity index is 2.60. The SMILES string of the molecule is CC(N=O)C(=O)Nc1ccccc1. The summed E-state index contributed by atoms with van der Waals surface area (Å²) in [7, 11) is 0. The van der Waals surface area contributed by atoms with Crippen LogP contribution in [0.2, 0.25) is 0 Å². The summed E-state index contributed by atoms with van der Waals surface area (Å²) in [5.41, 5.74) is 0.669. The summed E-state index contributed by atoms with van der Waals surface area (Å²) in [6, 6.07) is 8.09. The molecule has 68 valence electrons. The van der Waals surface area contributed by atoms with E-state index in [0.717, 1.165) is 0 Å². The molecule has 1 aromatic rings. The van der Waals surface area contributed by atoms with Gasteiger partial charge in [0, 0.05) is 5.69 Å². The van der Waals surface area contributed by atoms with Gasteiger partial charge in [0.15, 0.2) is 6.04 Å². The van der Waals surface area contributed by atoms with Crippen LogP contribution in [0, 0.1) is 4.91 Å². The number of hydrogen-bond acceptors (Lipinski definition) is 3. The van der Waals surface area contributed by atoms with Crippen molar-refractivity contribution in [3.05, 3.63) is 35.2 Å². The summed E-state index contributed by atoms with van der Waals surface area (Å²) < 4.78 is 0. The highest BCUT2D eigenvalue weighted by molar-refractivity contribution is 5.94.